The molecule has 118 valence electrons. The molecular formula is C17H27NO3. The van der Waals surface area contributed by atoms with E-state index < -0.39 is 0 Å². The molecule has 0 aromatic heterocycles. The fourth-order valence-corrected chi connectivity index (χ4v) is 2.16. The van der Waals surface area contributed by atoms with Gasteiger partial charge in [0.15, 0.2) is 0 Å². The molecule has 0 aliphatic heterocycles. The van der Waals surface area contributed by atoms with Crippen LogP contribution in [0.1, 0.15) is 39.5 Å². The van der Waals surface area contributed by atoms with Crippen LogP contribution in [0.25, 0.3) is 0 Å². The van der Waals surface area contributed by atoms with Gasteiger partial charge in [-0.3, -0.25) is 0 Å². The van der Waals surface area contributed by atoms with Crippen molar-refractivity contribution in [2.75, 3.05) is 19.8 Å². The van der Waals surface area contributed by atoms with E-state index in [1.165, 1.54) is 12.8 Å². The Bertz CT molecular complexity index is 417. The zero-order valence-corrected chi connectivity index (χ0v) is 13.1. The van der Waals surface area contributed by atoms with Crippen LogP contribution in [0, 0.1) is 0 Å². The van der Waals surface area contributed by atoms with Crippen LogP contribution in [0.5, 0.6) is 11.5 Å². The second-order valence-electron chi connectivity index (χ2n) is 6.06. The molecule has 0 spiro atoms. The van der Waals surface area contributed by atoms with Crippen molar-refractivity contribution < 1.29 is 14.6 Å². The normalized spacial score (nSPS) is 17.3. The van der Waals surface area contributed by atoms with Crippen molar-refractivity contribution in [2.24, 2.45) is 0 Å². The first-order valence-corrected chi connectivity index (χ1v) is 7.89. The van der Waals surface area contributed by atoms with E-state index in [2.05, 4.69) is 19.2 Å². The van der Waals surface area contributed by atoms with Gasteiger partial charge in [-0.05, 0) is 50.5 Å². The van der Waals surface area contributed by atoms with E-state index in [0.717, 1.165) is 30.9 Å². The van der Waals surface area contributed by atoms with E-state index >= 15 is 0 Å². The van der Waals surface area contributed by atoms with Gasteiger partial charge in [0.25, 0.3) is 0 Å². The first kappa shape index (κ1) is 16.1. The van der Waals surface area contributed by atoms with E-state index in [1.54, 1.807) is 0 Å². The van der Waals surface area contributed by atoms with Gasteiger partial charge in [-0.15, -0.1) is 0 Å². The standard InChI is InChI=1S/C17H27NO3/c1-3-11-20-15-6-8-16(9-7-15)21-12-10-17(2,13-19)18-14-4-5-14/h6-9,14,18-19H,3-5,10-13H2,1-2H3. The lowest BCUT2D eigenvalue weighted by atomic mass is 9.99. The summed E-state index contributed by atoms with van der Waals surface area (Å²) in [5, 5.41) is 13.0. The quantitative estimate of drug-likeness (QED) is 0.696. The molecule has 1 aromatic carbocycles. The maximum atomic E-state index is 9.54. The molecule has 2 N–H and O–H groups in total. The number of rotatable bonds is 10. The van der Waals surface area contributed by atoms with Crippen molar-refractivity contribution >= 4 is 0 Å². The molecular weight excluding hydrogens is 266 g/mol. The van der Waals surface area contributed by atoms with Crippen molar-refractivity contribution in [1.82, 2.24) is 5.32 Å². The highest BCUT2D eigenvalue weighted by Crippen LogP contribution is 2.24. The van der Waals surface area contributed by atoms with Crippen LogP contribution in [-0.2, 0) is 0 Å². The first-order chi connectivity index (χ1) is 10.1. The highest BCUT2D eigenvalue weighted by Gasteiger charge is 2.31. The number of nitrogens with one attached hydrogen (secondary N) is 1. The van der Waals surface area contributed by atoms with Gasteiger partial charge in [0, 0.05) is 18.0 Å². The molecule has 1 aliphatic carbocycles. The zero-order valence-electron chi connectivity index (χ0n) is 13.1. The average Bonchev–Trinajstić information content (AvgIpc) is 3.30. The van der Waals surface area contributed by atoms with E-state index in [1.807, 2.05) is 24.3 Å². The third-order valence-corrected chi connectivity index (χ3v) is 3.70. The Morgan fingerprint density at radius 1 is 1.14 bits per heavy atom. The zero-order chi connectivity index (χ0) is 15.1. The second kappa shape index (κ2) is 7.66. The molecule has 2 rings (SSSR count). The maximum Gasteiger partial charge on any atom is 0.119 e. The van der Waals surface area contributed by atoms with Crippen LogP contribution in [-0.4, -0.2) is 36.5 Å². The number of hydrogen-bond donors (Lipinski definition) is 2. The van der Waals surface area contributed by atoms with Crippen LogP contribution in [0.3, 0.4) is 0 Å². The van der Waals surface area contributed by atoms with Crippen molar-refractivity contribution in [3.05, 3.63) is 24.3 Å². The van der Waals surface area contributed by atoms with Gasteiger partial charge in [0.2, 0.25) is 0 Å². The van der Waals surface area contributed by atoms with Gasteiger partial charge in [-0.2, -0.15) is 0 Å². The van der Waals surface area contributed by atoms with Gasteiger partial charge in [0.05, 0.1) is 19.8 Å². The molecule has 0 heterocycles. The number of ether oxygens (including phenoxy) is 2. The molecule has 1 saturated carbocycles. The summed E-state index contributed by atoms with van der Waals surface area (Å²) in [6.45, 7) is 5.60. The minimum absolute atomic E-state index is 0.136. The fraction of sp³-hybridized carbons (Fsp3) is 0.647. The predicted molar refractivity (Wildman–Crippen MR) is 84.0 cm³/mol. The van der Waals surface area contributed by atoms with Gasteiger partial charge >= 0.3 is 0 Å². The van der Waals surface area contributed by atoms with Crippen LogP contribution in [0.2, 0.25) is 0 Å². The summed E-state index contributed by atoms with van der Waals surface area (Å²) in [6, 6.07) is 8.29. The smallest absolute Gasteiger partial charge is 0.119 e. The van der Waals surface area contributed by atoms with E-state index in [0.29, 0.717) is 12.6 Å². The predicted octanol–water partition coefficient (Wildman–Crippen LogP) is 2.75. The monoisotopic (exact) mass is 293 g/mol. The number of benzene rings is 1. The summed E-state index contributed by atoms with van der Waals surface area (Å²) in [6.07, 6.45) is 4.23. The van der Waals surface area contributed by atoms with Crippen molar-refractivity contribution in [2.45, 2.75) is 51.1 Å². The lowest BCUT2D eigenvalue weighted by Gasteiger charge is -2.29. The molecule has 1 fully saturated rings. The average molecular weight is 293 g/mol. The topological polar surface area (TPSA) is 50.7 Å². The summed E-state index contributed by atoms with van der Waals surface area (Å²) in [5.74, 6) is 1.71. The van der Waals surface area contributed by atoms with Crippen LogP contribution in [0.15, 0.2) is 24.3 Å². The van der Waals surface area contributed by atoms with Crippen molar-refractivity contribution in [3.63, 3.8) is 0 Å². The molecule has 1 aromatic rings. The molecule has 1 atom stereocenters. The van der Waals surface area contributed by atoms with Crippen LogP contribution in [0.4, 0.5) is 0 Å². The number of aliphatic hydroxyl groups is 1. The lowest BCUT2D eigenvalue weighted by molar-refractivity contribution is 0.142. The highest BCUT2D eigenvalue weighted by molar-refractivity contribution is 5.31. The Morgan fingerprint density at radius 2 is 1.71 bits per heavy atom. The van der Waals surface area contributed by atoms with E-state index in [-0.39, 0.29) is 12.1 Å². The second-order valence-corrected chi connectivity index (χ2v) is 6.06. The summed E-state index contributed by atoms with van der Waals surface area (Å²) in [7, 11) is 0. The Kier molecular flexibility index (Phi) is 5.88. The van der Waals surface area contributed by atoms with Gasteiger partial charge in [-0.25, -0.2) is 0 Å². The van der Waals surface area contributed by atoms with E-state index in [4.69, 9.17) is 9.47 Å². The SMILES string of the molecule is CCCOc1ccc(OCCC(C)(CO)NC2CC2)cc1. The Balaban J connectivity index is 1.74. The Hall–Kier alpha value is -1.26. The molecule has 0 bridgehead atoms. The summed E-state index contributed by atoms with van der Waals surface area (Å²) >= 11 is 0. The molecule has 0 amide bonds. The molecule has 0 radical (unpaired) electrons. The summed E-state index contributed by atoms with van der Waals surface area (Å²) < 4.78 is 11.3. The Morgan fingerprint density at radius 3 is 2.19 bits per heavy atom. The summed E-state index contributed by atoms with van der Waals surface area (Å²) in [5.41, 5.74) is -0.245. The minimum atomic E-state index is -0.245. The van der Waals surface area contributed by atoms with Crippen molar-refractivity contribution in [3.8, 4) is 11.5 Å². The number of hydrogen-bond acceptors (Lipinski definition) is 4. The fourth-order valence-electron chi connectivity index (χ4n) is 2.16. The molecule has 21 heavy (non-hydrogen) atoms. The molecule has 0 saturated heterocycles. The molecule has 1 aliphatic rings. The Labute approximate surface area is 127 Å². The third kappa shape index (κ3) is 5.56. The molecule has 4 nitrogen and oxygen atoms in total. The number of aliphatic hydroxyl groups excluding tert-OH is 1. The largest absolute Gasteiger partial charge is 0.494 e. The van der Waals surface area contributed by atoms with Gasteiger partial charge in [0.1, 0.15) is 11.5 Å². The maximum absolute atomic E-state index is 9.54. The first-order valence-electron chi connectivity index (χ1n) is 7.89. The molecule has 4 heteroatoms. The highest BCUT2D eigenvalue weighted by atomic mass is 16.5. The molecule has 1 unspecified atom stereocenters. The minimum Gasteiger partial charge on any atom is -0.494 e. The van der Waals surface area contributed by atoms with Crippen LogP contribution < -0.4 is 14.8 Å². The van der Waals surface area contributed by atoms with Crippen molar-refractivity contribution in [1.29, 1.82) is 0 Å². The third-order valence-electron chi connectivity index (χ3n) is 3.70. The van der Waals surface area contributed by atoms with Gasteiger partial charge < -0.3 is 19.9 Å². The van der Waals surface area contributed by atoms with E-state index in [9.17, 15) is 5.11 Å². The summed E-state index contributed by atoms with van der Waals surface area (Å²) in [4.78, 5) is 0. The lowest BCUT2D eigenvalue weighted by Crippen LogP contribution is -2.48. The van der Waals surface area contributed by atoms with Gasteiger partial charge in [-0.1, -0.05) is 6.92 Å². The van der Waals surface area contributed by atoms with Crippen LogP contribution >= 0.6 is 0 Å².